The summed E-state index contributed by atoms with van der Waals surface area (Å²) in [6, 6.07) is 14.3. The number of carbonyl (C=O) groups excluding carboxylic acids is 3. The fraction of sp³-hybridized carbons (Fsp3) is 0.286. The van der Waals surface area contributed by atoms with E-state index in [0.717, 1.165) is 22.4 Å². The van der Waals surface area contributed by atoms with Crippen molar-refractivity contribution in [3.05, 3.63) is 65.2 Å². The molecule has 0 aromatic heterocycles. The Kier molecular flexibility index (Phi) is 3.61. The van der Waals surface area contributed by atoms with Gasteiger partial charge in [-0.05, 0) is 18.6 Å². The van der Waals surface area contributed by atoms with E-state index in [1.54, 1.807) is 11.9 Å². The highest BCUT2D eigenvalue weighted by atomic mass is 32.2. The van der Waals surface area contributed by atoms with Crippen molar-refractivity contribution < 1.29 is 14.4 Å². The van der Waals surface area contributed by atoms with E-state index >= 15 is 0 Å². The van der Waals surface area contributed by atoms with E-state index in [1.165, 1.54) is 21.6 Å². The standard InChI is InChI=1S/C21H19N3O3S/c1-13-7-9-14(10-8-13)11-23-18(25)17-12-28-21(24(17)20(23)27)15-5-3-4-6-16(15)22(2)19(21)26/h3-10,17H,11-12H2,1-2H3/t17-,21+/m0/s1. The maximum absolute atomic E-state index is 13.3. The number of urea groups is 1. The molecule has 2 atom stereocenters. The highest BCUT2D eigenvalue weighted by molar-refractivity contribution is 8.01. The van der Waals surface area contributed by atoms with Crippen LogP contribution in [0.15, 0.2) is 48.5 Å². The van der Waals surface area contributed by atoms with E-state index in [4.69, 9.17) is 0 Å². The van der Waals surface area contributed by atoms with Crippen molar-refractivity contribution in [2.75, 3.05) is 17.7 Å². The number of rotatable bonds is 2. The number of likely N-dealkylation sites (N-methyl/N-ethyl adjacent to an activating group) is 1. The molecule has 0 unspecified atom stereocenters. The van der Waals surface area contributed by atoms with Crippen LogP contribution in [-0.2, 0) is 21.0 Å². The Morgan fingerprint density at radius 1 is 1.07 bits per heavy atom. The Labute approximate surface area is 167 Å². The molecule has 6 nitrogen and oxygen atoms in total. The third-order valence-electron chi connectivity index (χ3n) is 5.78. The Morgan fingerprint density at radius 3 is 2.54 bits per heavy atom. The number of fused-ring (bicyclic) bond motifs is 4. The normalized spacial score (nSPS) is 25.9. The van der Waals surface area contributed by atoms with Gasteiger partial charge in [0.25, 0.3) is 11.8 Å². The van der Waals surface area contributed by atoms with Gasteiger partial charge >= 0.3 is 6.03 Å². The second-order valence-corrected chi connectivity index (χ2v) is 8.63. The quantitative estimate of drug-likeness (QED) is 0.736. The smallest absolute Gasteiger partial charge is 0.312 e. The van der Waals surface area contributed by atoms with Gasteiger partial charge in [-0.2, -0.15) is 0 Å². The number of carbonyl (C=O) groups is 3. The molecule has 142 valence electrons. The topological polar surface area (TPSA) is 60.9 Å². The van der Waals surface area contributed by atoms with Crippen LogP contribution in [-0.4, -0.2) is 46.5 Å². The predicted octanol–water partition coefficient (Wildman–Crippen LogP) is 2.70. The molecule has 2 aromatic carbocycles. The van der Waals surface area contributed by atoms with Gasteiger partial charge in [0.15, 0.2) is 4.87 Å². The highest BCUT2D eigenvalue weighted by Crippen LogP contribution is 2.57. The fourth-order valence-electron chi connectivity index (χ4n) is 4.32. The lowest BCUT2D eigenvalue weighted by molar-refractivity contribution is -0.128. The van der Waals surface area contributed by atoms with E-state index in [9.17, 15) is 14.4 Å². The number of hydrogen-bond acceptors (Lipinski definition) is 4. The minimum absolute atomic E-state index is 0.167. The molecule has 0 aliphatic carbocycles. The summed E-state index contributed by atoms with van der Waals surface area (Å²) in [6.45, 7) is 2.21. The van der Waals surface area contributed by atoms with Crippen LogP contribution in [0.25, 0.3) is 0 Å². The second-order valence-electron chi connectivity index (χ2n) is 7.41. The molecule has 28 heavy (non-hydrogen) atoms. The zero-order valence-corrected chi connectivity index (χ0v) is 16.4. The number of imide groups is 1. The SMILES string of the molecule is Cc1ccc(CN2C(=O)[C@@H]3CS[C@]4(C(=O)N(C)c5ccccc54)N3C2=O)cc1. The number of amides is 4. The molecule has 2 saturated heterocycles. The third kappa shape index (κ3) is 2.08. The molecule has 0 N–H and O–H groups in total. The Balaban J connectivity index is 1.55. The van der Waals surface area contributed by atoms with Crippen LogP contribution in [0.5, 0.6) is 0 Å². The van der Waals surface area contributed by atoms with Crippen molar-refractivity contribution in [2.45, 2.75) is 24.4 Å². The molecule has 7 heteroatoms. The minimum atomic E-state index is -1.15. The first-order valence-corrected chi connectivity index (χ1v) is 10.2. The molecular formula is C21H19N3O3S. The molecule has 0 radical (unpaired) electrons. The fourth-order valence-corrected chi connectivity index (χ4v) is 5.94. The first kappa shape index (κ1) is 17.3. The lowest BCUT2D eigenvalue weighted by Crippen LogP contribution is -2.50. The van der Waals surface area contributed by atoms with Crippen LogP contribution in [0.1, 0.15) is 16.7 Å². The van der Waals surface area contributed by atoms with Crippen LogP contribution in [0.4, 0.5) is 10.5 Å². The van der Waals surface area contributed by atoms with E-state index in [2.05, 4.69) is 0 Å². The summed E-state index contributed by atoms with van der Waals surface area (Å²) in [6.07, 6.45) is 0. The largest absolute Gasteiger partial charge is 0.329 e. The predicted molar refractivity (Wildman–Crippen MR) is 107 cm³/mol. The van der Waals surface area contributed by atoms with Gasteiger partial charge in [0.2, 0.25) is 0 Å². The van der Waals surface area contributed by atoms with Crippen LogP contribution in [0.3, 0.4) is 0 Å². The molecule has 2 fully saturated rings. The molecule has 3 heterocycles. The maximum atomic E-state index is 13.3. The number of para-hydroxylation sites is 1. The molecule has 5 rings (SSSR count). The third-order valence-corrected chi connectivity index (χ3v) is 7.27. The molecule has 0 bridgehead atoms. The molecule has 0 saturated carbocycles. The monoisotopic (exact) mass is 393 g/mol. The average molecular weight is 393 g/mol. The summed E-state index contributed by atoms with van der Waals surface area (Å²) in [4.78, 5) is 42.9. The van der Waals surface area contributed by atoms with E-state index < -0.39 is 10.9 Å². The average Bonchev–Trinajstić information content (AvgIpc) is 3.28. The number of hydrogen-bond donors (Lipinski definition) is 0. The first-order valence-electron chi connectivity index (χ1n) is 9.17. The Hall–Kier alpha value is -2.80. The number of benzene rings is 2. The Morgan fingerprint density at radius 2 is 1.79 bits per heavy atom. The number of aryl methyl sites for hydroxylation is 1. The summed E-state index contributed by atoms with van der Waals surface area (Å²) in [7, 11) is 1.72. The summed E-state index contributed by atoms with van der Waals surface area (Å²) in [5.41, 5.74) is 3.59. The molecule has 4 amide bonds. The van der Waals surface area contributed by atoms with Crippen molar-refractivity contribution in [1.82, 2.24) is 9.80 Å². The summed E-state index contributed by atoms with van der Waals surface area (Å²) in [5.74, 6) is 0.0254. The molecule has 3 aliphatic rings. The summed E-state index contributed by atoms with van der Waals surface area (Å²) in [5, 5.41) is 0. The van der Waals surface area contributed by atoms with Crippen molar-refractivity contribution >= 4 is 35.3 Å². The molecular weight excluding hydrogens is 374 g/mol. The van der Waals surface area contributed by atoms with Gasteiger partial charge in [-0.15, -0.1) is 11.8 Å². The van der Waals surface area contributed by atoms with Gasteiger partial charge in [-0.1, -0.05) is 48.0 Å². The minimum Gasteiger partial charge on any atom is -0.312 e. The summed E-state index contributed by atoms with van der Waals surface area (Å²) < 4.78 is 0. The summed E-state index contributed by atoms with van der Waals surface area (Å²) >= 11 is 1.38. The number of anilines is 1. The number of thioether (sulfide) groups is 1. The van der Waals surface area contributed by atoms with E-state index in [-0.39, 0.29) is 24.4 Å². The lowest BCUT2D eigenvalue weighted by atomic mass is 10.1. The van der Waals surface area contributed by atoms with Gasteiger partial charge in [0.05, 0.1) is 12.2 Å². The van der Waals surface area contributed by atoms with Gasteiger partial charge in [-0.3, -0.25) is 19.4 Å². The first-order chi connectivity index (χ1) is 13.4. The second kappa shape index (κ2) is 5.85. The van der Waals surface area contributed by atoms with Crippen LogP contribution in [0.2, 0.25) is 0 Å². The van der Waals surface area contributed by atoms with E-state index in [0.29, 0.717) is 5.75 Å². The lowest BCUT2D eigenvalue weighted by Gasteiger charge is -2.31. The van der Waals surface area contributed by atoms with Gasteiger partial charge < -0.3 is 4.90 Å². The van der Waals surface area contributed by atoms with Gasteiger partial charge in [0, 0.05) is 18.4 Å². The van der Waals surface area contributed by atoms with Crippen molar-refractivity contribution in [2.24, 2.45) is 0 Å². The van der Waals surface area contributed by atoms with Crippen molar-refractivity contribution in [3.8, 4) is 0 Å². The zero-order valence-electron chi connectivity index (χ0n) is 15.6. The van der Waals surface area contributed by atoms with Crippen molar-refractivity contribution in [1.29, 1.82) is 0 Å². The van der Waals surface area contributed by atoms with Gasteiger partial charge in [-0.25, -0.2) is 4.79 Å². The highest BCUT2D eigenvalue weighted by Gasteiger charge is 2.67. The van der Waals surface area contributed by atoms with Gasteiger partial charge in [0.1, 0.15) is 6.04 Å². The number of nitrogens with zero attached hydrogens (tertiary/aromatic N) is 3. The van der Waals surface area contributed by atoms with E-state index in [1.807, 2.05) is 55.5 Å². The molecule has 2 aromatic rings. The maximum Gasteiger partial charge on any atom is 0.329 e. The van der Waals surface area contributed by atoms with Crippen LogP contribution in [0, 0.1) is 6.92 Å². The molecule has 1 spiro atoms. The van der Waals surface area contributed by atoms with Crippen molar-refractivity contribution in [3.63, 3.8) is 0 Å². The van der Waals surface area contributed by atoms with Crippen LogP contribution >= 0.6 is 11.8 Å². The zero-order chi connectivity index (χ0) is 19.6. The molecule has 3 aliphatic heterocycles. The Bertz CT molecular complexity index is 1020. The van der Waals surface area contributed by atoms with Crippen LogP contribution < -0.4 is 4.90 Å².